The van der Waals surface area contributed by atoms with Crippen molar-refractivity contribution in [3.05, 3.63) is 51.1 Å². The zero-order chi connectivity index (χ0) is 22.5. The van der Waals surface area contributed by atoms with Crippen LogP contribution in [-0.4, -0.2) is 38.2 Å². The van der Waals surface area contributed by atoms with Crippen LogP contribution >= 0.6 is 22.6 Å². The largest absolute Gasteiger partial charge is 0.494 e. The van der Waals surface area contributed by atoms with Crippen LogP contribution in [0.3, 0.4) is 0 Å². The van der Waals surface area contributed by atoms with Crippen molar-refractivity contribution < 1.29 is 28.6 Å². The van der Waals surface area contributed by atoms with Crippen molar-refractivity contribution in [1.29, 1.82) is 0 Å². The van der Waals surface area contributed by atoms with Gasteiger partial charge >= 0.3 is 6.03 Å². The molecule has 0 aromatic heterocycles. The van der Waals surface area contributed by atoms with Gasteiger partial charge in [-0.15, -0.1) is 0 Å². The van der Waals surface area contributed by atoms with E-state index in [9.17, 15) is 14.4 Å². The Kier molecular flexibility index (Phi) is 7.16. The number of nitrogens with zero attached hydrogens (tertiary/aromatic N) is 1. The molecule has 0 atom stereocenters. The van der Waals surface area contributed by atoms with Gasteiger partial charge in [-0.1, -0.05) is 0 Å². The molecular weight excluding hydrogens is 515 g/mol. The van der Waals surface area contributed by atoms with Gasteiger partial charge in [0.15, 0.2) is 11.5 Å². The Morgan fingerprint density at radius 3 is 2.32 bits per heavy atom. The summed E-state index contributed by atoms with van der Waals surface area (Å²) in [6.45, 7) is 4.68. The third-order valence-electron chi connectivity index (χ3n) is 4.36. The molecule has 8 nitrogen and oxygen atoms in total. The monoisotopic (exact) mass is 536 g/mol. The number of nitrogens with one attached hydrogen (secondary N) is 1. The lowest BCUT2D eigenvalue weighted by Crippen LogP contribution is -2.54. The number of carbonyl (C=O) groups excluding carboxylic acids is 3. The number of halogens is 1. The van der Waals surface area contributed by atoms with Crippen LogP contribution in [0.15, 0.2) is 42.0 Å². The Labute approximate surface area is 193 Å². The molecule has 0 spiro atoms. The van der Waals surface area contributed by atoms with E-state index in [1.165, 1.54) is 13.2 Å². The number of rotatable bonds is 7. The first-order chi connectivity index (χ1) is 14.9. The van der Waals surface area contributed by atoms with Crippen molar-refractivity contribution in [3.8, 4) is 17.2 Å². The van der Waals surface area contributed by atoms with Gasteiger partial charge in [-0.25, -0.2) is 9.69 Å². The molecular formula is C22H21IN2O6. The number of hydrogen-bond donors (Lipinski definition) is 1. The fourth-order valence-corrected chi connectivity index (χ4v) is 3.81. The second-order valence-electron chi connectivity index (χ2n) is 6.35. The number of hydrogen-bond acceptors (Lipinski definition) is 6. The average Bonchev–Trinajstić information content (AvgIpc) is 2.74. The second kappa shape index (κ2) is 9.82. The van der Waals surface area contributed by atoms with E-state index in [2.05, 4.69) is 27.9 Å². The van der Waals surface area contributed by atoms with Crippen molar-refractivity contribution in [2.24, 2.45) is 0 Å². The molecule has 2 aromatic carbocycles. The zero-order valence-electron chi connectivity index (χ0n) is 17.2. The van der Waals surface area contributed by atoms with Crippen LogP contribution in [0.2, 0.25) is 0 Å². The van der Waals surface area contributed by atoms with E-state index < -0.39 is 17.8 Å². The van der Waals surface area contributed by atoms with Gasteiger partial charge in [0.2, 0.25) is 0 Å². The molecule has 162 valence electrons. The summed E-state index contributed by atoms with van der Waals surface area (Å²) in [5.74, 6) is 0.182. The first kappa shape index (κ1) is 22.6. The fraction of sp³-hybridized carbons (Fsp3) is 0.227. The molecule has 3 rings (SSSR count). The summed E-state index contributed by atoms with van der Waals surface area (Å²) >= 11 is 2.09. The Hall–Kier alpha value is -3.08. The third-order valence-corrected chi connectivity index (χ3v) is 5.16. The summed E-state index contributed by atoms with van der Waals surface area (Å²) in [6, 6.07) is 9.09. The van der Waals surface area contributed by atoms with Crippen LogP contribution in [0.1, 0.15) is 19.4 Å². The summed E-state index contributed by atoms with van der Waals surface area (Å²) in [5, 5.41) is 2.21. The Bertz CT molecular complexity index is 1050. The van der Waals surface area contributed by atoms with E-state index in [4.69, 9.17) is 14.2 Å². The highest BCUT2D eigenvalue weighted by Gasteiger charge is 2.36. The van der Waals surface area contributed by atoms with E-state index in [1.54, 1.807) is 36.4 Å². The minimum Gasteiger partial charge on any atom is -0.494 e. The molecule has 0 aliphatic carbocycles. The van der Waals surface area contributed by atoms with E-state index in [0.29, 0.717) is 41.7 Å². The van der Waals surface area contributed by atoms with Crippen molar-refractivity contribution in [2.75, 3.05) is 25.2 Å². The molecule has 0 unspecified atom stereocenters. The standard InChI is InChI=1S/C22H21IN2O6/c1-4-30-15-8-6-14(7-9-15)25-21(27)16(20(26)24-22(25)28)10-13-11-17(23)19(31-5-2)18(12-13)29-3/h6-12H,4-5H2,1-3H3,(H,24,26,28)/b16-10-. The lowest BCUT2D eigenvalue weighted by atomic mass is 10.1. The first-order valence-electron chi connectivity index (χ1n) is 9.54. The van der Waals surface area contributed by atoms with E-state index in [-0.39, 0.29) is 5.57 Å². The first-order valence-corrected chi connectivity index (χ1v) is 10.6. The molecule has 4 amide bonds. The SMILES string of the molecule is CCOc1ccc(N2C(=O)NC(=O)/C(=C/c3cc(I)c(OCC)c(OC)c3)C2=O)cc1. The lowest BCUT2D eigenvalue weighted by Gasteiger charge is -2.26. The second-order valence-corrected chi connectivity index (χ2v) is 7.51. The maximum atomic E-state index is 13.1. The quantitative estimate of drug-likeness (QED) is 0.329. The molecule has 1 aliphatic heterocycles. The van der Waals surface area contributed by atoms with E-state index in [0.717, 1.165) is 8.47 Å². The fourth-order valence-electron chi connectivity index (χ4n) is 3.02. The Morgan fingerprint density at radius 1 is 1.03 bits per heavy atom. The maximum Gasteiger partial charge on any atom is 0.335 e. The molecule has 1 heterocycles. The van der Waals surface area contributed by atoms with Gasteiger partial charge in [0.25, 0.3) is 11.8 Å². The molecule has 31 heavy (non-hydrogen) atoms. The van der Waals surface area contributed by atoms with E-state index in [1.807, 2.05) is 13.8 Å². The van der Waals surface area contributed by atoms with Crippen molar-refractivity contribution in [2.45, 2.75) is 13.8 Å². The molecule has 9 heteroatoms. The van der Waals surface area contributed by atoms with Crippen LogP contribution in [0.5, 0.6) is 17.2 Å². The Balaban J connectivity index is 1.98. The number of urea groups is 1. The number of methoxy groups -OCH3 is 1. The summed E-state index contributed by atoms with van der Waals surface area (Å²) in [7, 11) is 1.51. The van der Waals surface area contributed by atoms with Gasteiger partial charge in [-0.05, 0) is 84.5 Å². The minimum absolute atomic E-state index is 0.171. The number of imide groups is 2. The smallest absolute Gasteiger partial charge is 0.335 e. The summed E-state index contributed by atoms with van der Waals surface area (Å²) < 4.78 is 17.1. The van der Waals surface area contributed by atoms with Gasteiger partial charge in [0.1, 0.15) is 11.3 Å². The molecule has 1 N–H and O–H groups in total. The molecule has 1 saturated heterocycles. The van der Waals surface area contributed by atoms with E-state index >= 15 is 0 Å². The van der Waals surface area contributed by atoms with Crippen LogP contribution in [0, 0.1) is 3.57 Å². The van der Waals surface area contributed by atoms with Gasteiger partial charge < -0.3 is 14.2 Å². The number of ether oxygens (including phenoxy) is 3. The predicted molar refractivity (Wildman–Crippen MR) is 123 cm³/mol. The summed E-state index contributed by atoms with van der Waals surface area (Å²) in [5.41, 5.74) is 0.711. The molecule has 1 aliphatic rings. The highest BCUT2D eigenvalue weighted by molar-refractivity contribution is 14.1. The highest BCUT2D eigenvalue weighted by Crippen LogP contribution is 2.35. The summed E-state index contributed by atoms with van der Waals surface area (Å²) in [4.78, 5) is 38.8. The zero-order valence-corrected chi connectivity index (χ0v) is 19.4. The number of amides is 4. The minimum atomic E-state index is -0.810. The highest BCUT2D eigenvalue weighted by atomic mass is 127. The third kappa shape index (κ3) is 4.82. The number of benzene rings is 2. The average molecular weight is 536 g/mol. The van der Waals surface area contributed by atoms with Crippen LogP contribution in [0.4, 0.5) is 10.5 Å². The maximum absolute atomic E-state index is 13.1. The number of anilines is 1. The van der Waals surface area contributed by atoms with Crippen molar-refractivity contribution in [1.82, 2.24) is 5.32 Å². The topological polar surface area (TPSA) is 94.2 Å². The van der Waals surface area contributed by atoms with Gasteiger partial charge in [0, 0.05) is 0 Å². The van der Waals surface area contributed by atoms with Crippen molar-refractivity contribution >= 4 is 52.2 Å². The summed E-state index contributed by atoms with van der Waals surface area (Å²) in [6.07, 6.45) is 1.42. The van der Waals surface area contributed by atoms with Crippen LogP contribution in [-0.2, 0) is 9.59 Å². The normalized spacial score (nSPS) is 15.2. The molecule has 1 fully saturated rings. The van der Waals surface area contributed by atoms with Crippen LogP contribution in [0.25, 0.3) is 6.08 Å². The molecule has 0 bridgehead atoms. The lowest BCUT2D eigenvalue weighted by molar-refractivity contribution is -0.122. The van der Waals surface area contributed by atoms with Gasteiger partial charge in [-0.2, -0.15) is 0 Å². The van der Waals surface area contributed by atoms with Gasteiger partial charge in [0.05, 0.1) is 29.6 Å². The molecule has 0 saturated carbocycles. The molecule has 2 aromatic rings. The van der Waals surface area contributed by atoms with Crippen molar-refractivity contribution in [3.63, 3.8) is 0 Å². The predicted octanol–water partition coefficient (Wildman–Crippen LogP) is 3.76. The number of barbiturate groups is 1. The van der Waals surface area contributed by atoms with Crippen LogP contribution < -0.4 is 24.4 Å². The number of carbonyl (C=O) groups is 3. The Morgan fingerprint density at radius 2 is 1.71 bits per heavy atom. The molecule has 0 radical (unpaired) electrons. The van der Waals surface area contributed by atoms with Gasteiger partial charge in [-0.3, -0.25) is 14.9 Å².